The van der Waals surface area contributed by atoms with Crippen LogP contribution >= 0.6 is 0 Å². The molecule has 1 fully saturated rings. The van der Waals surface area contributed by atoms with Gasteiger partial charge >= 0.3 is 0 Å². The van der Waals surface area contributed by atoms with Gasteiger partial charge in [0.15, 0.2) is 0 Å². The maximum atomic E-state index is 12.3. The van der Waals surface area contributed by atoms with Crippen molar-refractivity contribution in [3.63, 3.8) is 0 Å². The second kappa shape index (κ2) is 6.65. The van der Waals surface area contributed by atoms with Crippen LogP contribution in [0.1, 0.15) is 38.9 Å². The van der Waals surface area contributed by atoms with E-state index in [1.54, 1.807) is 12.4 Å². The number of likely N-dealkylation sites (tertiary alicyclic amines) is 1. The van der Waals surface area contributed by atoms with Crippen molar-refractivity contribution >= 4 is 11.8 Å². The minimum absolute atomic E-state index is 0.0341. The Morgan fingerprint density at radius 2 is 2.20 bits per heavy atom. The number of hydrogen-bond acceptors (Lipinski definition) is 4. The van der Waals surface area contributed by atoms with Crippen molar-refractivity contribution < 1.29 is 9.59 Å². The third kappa shape index (κ3) is 3.07. The zero-order valence-corrected chi connectivity index (χ0v) is 12.1. The number of amides is 2. The summed E-state index contributed by atoms with van der Waals surface area (Å²) in [6.45, 7) is 4.65. The van der Waals surface area contributed by atoms with Crippen LogP contribution in [0.5, 0.6) is 0 Å². The van der Waals surface area contributed by atoms with Gasteiger partial charge in [-0.3, -0.25) is 14.5 Å². The molecule has 1 saturated heterocycles. The first-order valence-electron chi connectivity index (χ1n) is 7.24. The molecular formula is C14H22N4O2. The van der Waals surface area contributed by atoms with Gasteiger partial charge in [0.25, 0.3) is 0 Å². The zero-order valence-electron chi connectivity index (χ0n) is 12.1. The van der Waals surface area contributed by atoms with Crippen molar-refractivity contribution in [2.24, 2.45) is 0 Å². The number of H-pyrrole nitrogens is 1. The Kier molecular flexibility index (Phi) is 4.89. The zero-order chi connectivity index (χ0) is 14.5. The number of imidazole rings is 1. The lowest BCUT2D eigenvalue weighted by molar-refractivity contribution is -0.141. The minimum Gasteiger partial charge on any atom is -0.349 e. The van der Waals surface area contributed by atoms with E-state index in [1.807, 2.05) is 13.8 Å². The minimum atomic E-state index is -0.377. The predicted molar refractivity (Wildman–Crippen MR) is 74.9 cm³/mol. The van der Waals surface area contributed by atoms with Crippen LogP contribution in [0.2, 0.25) is 0 Å². The molecule has 2 N–H and O–H groups in total. The molecule has 1 unspecified atom stereocenters. The van der Waals surface area contributed by atoms with Crippen LogP contribution in [0.4, 0.5) is 0 Å². The number of nitrogens with zero attached hydrogens (tertiary/aromatic N) is 2. The molecule has 20 heavy (non-hydrogen) atoms. The Morgan fingerprint density at radius 1 is 1.45 bits per heavy atom. The monoisotopic (exact) mass is 278 g/mol. The van der Waals surface area contributed by atoms with E-state index in [1.165, 1.54) is 4.90 Å². The highest BCUT2D eigenvalue weighted by Gasteiger charge is 2.40. The summed E-state index contributed by atoms with van der Waals surface area (Å²) < 4.78 is 0. The first kappa shape index (κ1) is 14.7. The van der Waals surface area contributed by atoms with Gasteiger partial charge in [0.2, 0.25) is 11.8 Å². The Morgan fingerprint density at radius 3 is 2.80 bits per heavy atom. The van der Waals surface area contributed by atoms with E-state index in [4.69, 9.17) is 0 Å². The summed E-state index contributed by atoms with van der Waals surface area (Å²) >= 11 is 0. The summed E-state index contributed by atoms with van der Waals surface area (Å²) in [5.41, 5.74) is 0. The highest BCUT2D eigenvalue weighted by Crippen LogP contribution is 2.20. The summed E-state index contributed by atoms with van der Waals surface area (Å²) in [4.78, 5) is 32.9. The fourth-order valence-corrected chi connectivity index (χ4v) is 2.65. The van der Waals surface area contributed by atoms with Gasteiger partial charge in [-0.15, -0.1) is 0 Å². The van der Waals surface area contributed by atoms with Crippen LogP contribution in [0, 0.1) is 0 Å². The molecule has 6 heteroatoms. The smallest absolute Gasteiger partial charge is 0.247 e. The summed E-state index contributed by atoms with van der Waals surface area (Å²) in [7, 11) is 0. The van der Waals surface area contributed by atoms with Crippen LogP contribution in [-0.2, 0) is 16.0 Å². The molecule has 2 amide bonds. The molecule has 2 rings (SSSR count). The lowest BCUT2D eigenvalue weighted by Gasteiger charge is -2.24. The number of rotatable bonds is 7. The SMILES string of the molecule is CCC(CC)N1C(=O)CC(NCCc2ncc[nH]2)C1=O. The quantitative estimate of drug-likeness (QED) is 0.725. The summed E-state index contributed by atoms with van der Waals surface area (Å²) in [6, 6.07) is -0.343. The molecule has 0 radical (unpaired) electrons. The maximum absolute atomic E-state index is 12.3. The highest BCUT2D eigenvalue weighted by molar-refractivity contribution is 6.05. The van der Waals surface area contributed by atoms with E-state index < -0.39 is 0 Å². The van der Waals surface area contributed by atoms with Crippen LogP contribution in [0.25, 0.3) is 0 Å². The average molecular weight is 278 g/mol. The third-order valence-corrected chi connectivity index (χ3v) is 3.80. The first-order chi connectivity index (χ1) is 9.67. The molecule has 6 nitrogen and oxygen atoms in total. The standard InChI is InChI=1S/C14H22N4O2/c1-3-10(4-2)18-13(19)9-11(14(18)20)15-6-5-12-16-7-8-17-12/h7-8,10-11,15H,3-6,9H2,1-2H3,(H,16,17). The second-order valence-electron chi connectivity index (χ2n) is 5.07. The van der Waals surface area contributed by atoms with Crippen molar-refractivity contribution in [3.05, 3.63) is 18.2 Å². The molecule has 1 aromatic rings. The first-order valence-corrected chi connectivity index (χ1v) is 7.24. The molecule has 0 saturated carbocycles. The van der Waals surface area contributed by atoms with Crippen molar-refractivity contribution in [1.82, 2.24) is 20.2 Å². The van der Waals surface area contributed by atoms with E-state index in [9.17, 15) is 9.59 Å². The molecule has 1 aliphatic rings. The highest BCUT2D eigenvalue weighted by atomic mass is 16.2. The summed E-state index contributed by atoms with van der Waals surface area (Å²) in [5, 5.41) is 3.16. The number of carbonyl (C=O) groups excluding carboxylic acids is 2. The average Bonchev–Trinajstić information content (AvgIpc) is 3.04. The van der Waals surface area contributed by atoms with E-state index in [2.05, 4.69) is 15.3 Å². The van der Waals surface area contributed by atoms with Gasteiger partial charge in [-0.05, 0) is 12.8 Å². The Labute approximate surface area is 119 Å². The van der Waals surface area contributed by atoms with Crippen molar-refractivity contribution in [2.45, 2.75) is 51.6 Å². The van der Waals surface area contributed by atoms with E-state index in [0.717, 1.165) is 25.1 Å². The van der Waals surface area contributed by atoms with Gasteiger partial charge in [0.05, 0.1) is 12.5 Å². The van der Waals surface area contributed by atoms with E-state index in [-0.39, 0.29) is 30.3 Å². The van der Waals surface area contributed by atoms with Gasteiger partial charge in [0, 0.05) is 31.4 Å². The molecule has 0 aromatic carbocycles. The molecule has 1 aliphatic heterocycles. The van der Waals surface area contributed by atoms with Crippen LogP contribution in [0.3, 0.4) is 0 Å². The maximum Gasteiger partial charge on any atom is 0.247 e. The second-order valence-corrected chi connectivity index (χ2v) is 5.07. The molecule has 1 aromatic heterocycles. The topological polar surface area (TPSA) is 78.1 Å². The summed E-state index contributed by atoms with van der Waals surface area (Å²) in [5.74, 6) is 0.744. The predicted octanol–water partition coefficient (Wildman–Crippen LogP) is 0.858. The molecule has 0 spiro atoms. The van der Waals surface area contributed by atoms with Crippen molar-refractivity contribution in [3.8, 4) is 0 Å². The number of aromatic amines is 1. The number of hydrogen-bond donors (Lipinski definition) is 2. The Balaban J connectivity index is 1.87. The lowest BCUT2D eigenvalue weighted by atomic mass is 10.1. The number of imide groups is 1. The third-order valence-electron chi connectivity index (χ3n) is 3.80. The van der Waals surface area contributed by atoms with Gasteiger partial charge < -0.3 is 10.3 Å². The molecule has 0 aliphatic carbocycles. The summed E-state index contributed by atoms with van der Waals surface area (Å²) in [6.07, 6.45) is 6.09. The molecule has 0 bridgehead atoms. The molecular weight excluding hydrogens is 256 g/mol. The van der Waals surface area contributed by atoms with E-state index in [0.29, 0.717) is 6.54 Å². The lowest BCUT2D eigenvalue weighted by Crippen LogP contribution is -2.44. The molecule has 1 atom stereocenters. The Bertz CT molecular complexity index is 454. The van der Waals surface area contributed by atoms with Crippen LogP contribution < -0.4 is 5.32 Å². The molecule has 110 valence electrons. The van der Waals surface area contributed by atoms with Crippen molar-refractivity contribution in [1.29, 1.82) is 0 Å². The molecule has 2 heterocycles. The number of aromatic nitrogens is 2. The Hall–Kier alpha value is -1.69. The van der Waals surface area contributed by atoms with Crippen molar-refractivity contribution in [2.75, 3.05) is 6.54 Å². The van der Waals surface area contributed by atoms with Crippen LogP contribution in [-0.4, -0.2) is 45.3 Å². The fourth-order valence-electron chi connectivity index (χ4n) is 2.65. The largest absolute Gasteiger partial charge is 0.349 e. The number of carbonyl (C=O) groups is 2. The van der Waals surface area contributed by atoms with Crippen LogP contribution in [0.15, 0.2) is 12.4 Å². The van der Waals surface area contributed by atoms with Gasteiger partial charge in [0.1, 0.15) is 5.82 Å². The van der Waals surface area contributed by atoms with Gasteiger partial charge in [-0.2, -0.15) is 0 Å². The normalized spacial score (nSPS) is 19.4. The fraction of sp³-hybridized carbons (Fsp3) is 0.643. The van der Waals surface area contributed by atoms with Gasteiger partial charge in [-0.1, -0.05) is 13.8 Å². The van der Waals surface area contributed by atoms with Gasteiger partial charge in [-0.25, -0.2) is 4.98 Å². The number of nitrogens with one attached hydrogen (secondary N) is 2. The van der Waals surface area contributed by atoms with E-state index >= 15 is 0 Å².